The molecule has 0 aliphatic carbocycles. The number of hydrogen-bond acceptors (Lipinski definition) is 5. The highest BCUT2D eigenvalue weighted by atomic mass is 16.6. The summed E-state index contributed by atoms with van der Waals surface area (Å²) in [7, 11) is 0. The van der Waals surface area contributed by atoms with Gasteiger partial charge in [-0.2, -0.15) is 0 Å². The van der Waals surface area contributed by atoms with Gasteiger partial charge in [0.05, 0.1) is 6.61 Å². The van der Waals surface area contributed by atoms with Crippen LogP contribution in [0.2, 0.25) is 0 Å². The van der Waals surface area contributed by atoms with Crippen molar-refractivity contribution in [3.63, 3.8) is 0 Å². The second kappa shape index (κ2) is 42.8. The van der Waals surface area contributed by atoms with E-state index in [0.29, 0.717) is 12.8 Å². The van der Waals surface area contributed by atoms with E-state index in [1.54, 1.807) is 0 Å². The van der Waals surface area contributed by atoms with Gasteiger partial charge < -0.3 is 14.6 Å². The molecule has 0 saturated heterocycles. The molecule has 0 aliphatic rings. The molecular weight excluding hydrogens is 633 g/mol. The van der Waals surface area contributed by atoms with Gasteiger partial charge in [0.25, 0.3) is 0 Å². The second-order valence-corrected chi connectivity index (χ2v) is 15.1. The third-order valence-electron chi connectivity index (χ3n) is 10.00. The summed E-state index contributed by atoms with van der Waals surface area (Å²) in [6.45, 7) is 4.13. The number of esters is 2. The lowest BCUT2D eigenvalue weighted by molar-refractivity contribution is -0.161. The summed E-state index contributed by atoms with van der Waals surface area (Å²) < 4.78 is 10.6. The first-order chi connectivity index (χ1) is 25.1. The van der Waals surface area contributed by atoms with Gasteiger partial charge in [0.1, 0.15) is 6.61 Å². The first kappa shape index (κ1) is 49.4. The van der Waals surface area contributed by atoms with E-state index in [0.717, 1.165) is 51.4 Å². The molecule has 0 aromatic rings. The largest absolute Gasteiger partial charge is 0.462 e. The molecule has 0 spiro atoms. The van der Waals surface area contributed by atoms with Gasteiger partial charge in [-0.25, -0.2) is 0 Å². The zero-order valence-corrected chi connectivity index (χ0v) is 34.1. The molecule has 0 saturated carbocycles. The number of carbonyl (C=O) groups excluding carboxylic acids is 2. The number of aliphatic hydroxyl groups is 1. The maximum absolute atomic E-state index is 12.2. The van der Waals surface area contributed by atoms with Crippen LogP contribution in [0.1, 0.15) is 239 Å². The number of carbonyl (C=O) groups is 2. The van der Waals surface area contributed by atoms with Crippen molar-refractivity contribution in [2.24, 2.45) is 0 Å². The van der Waals surface area contributed by atoms with Crippen molar-refractivity contribution in [1.82, 2.24) is 0 Å². The quantitative estimate of drug-likeness (QED) is 0.0387. The van der Waals surface area contributed by atoms with Crippen LogP contribution < -0.4 is 0 Å². The number of aliphatic hydroxyl groups excluding tert-OH is 1. The molecule has 5 heteroatoms. The zero-order valence-electron chi connectivity index (χ0n) is 34.1. The lowest BCUT2D eigenvalue weighted by atomic mass is 10.0. The Labute approximate surface area is 317 Å². The first-order valence-electron chi connectivity index (χ1n) is 22.4. The fourth-order valence-corrected chi connectivity index (χ4v) is 6.59. The van der Waals surface area contributed by atoms with E-state index in [1.165, 1.54) is 161 Å². The molecule has 0 aromatic heterocycles. The summed E-state index contributed by atoms with van der Waals surface area (Å²) >= 11 is 0. The van der Waals surface area contributed by atoms with E-state index in [1.807, 2.05) is 0 Å². The molecule has 0 aliphatic heterocycles. The molecule has 0 rings (SSSR count). The average molecular weight is 719 g/mol. The van der Waals surface area contributed by atoms with E-state index >= 15 is 0 Å². The minimum Gasteiger partial charge on any atom is -0.462 e. The van der Waals surface area contributed by atoms with Crippen LogP contribution in [0.5, 0.6) is 0 Å². The van der Waals surface area contributed by atoms with Gasteiger partial charge in [0.15, 0.2) is 6.10 Å². The molecule has 51 heavy (non-hydrogen) atoms. The van der Waals surface area contributed by atoms with Gasteiger partial charge in [-0.05, 0) is 44.9 Å². The first-order valence-corrected chi connectivity index (χ1v) is 22.4. The molecule has 0 fully saturated rings. The molecule has 300 valence electrons. The number of hydrogen-bond donors (Lipinski definition) is 1. The molecule has 0 amide bonds. The van der Waals surface area contributed by atoms with Gasteiger partial charge in [-0.1, -0.05) is 205 Å². The molecule has 0 unspecified atom stereocenters. The van der Waals surface area contributed by atoms with Crippen molar-refractivity contribution >= 4 is 11.9 Å². The molecule has 0 radical (unpaired) electrons. The fraction of sp³-hybridized carbons (Fsp3) is 0.870. The molecular formula is C46H86O5. The van der Waals surface area contributed by atoms with Crippen molar-refractivity contribution in [2.45, 2.75) is 245 Å². The standard InChI is InChI=1S/C46H86O5/c1-3-5-7-9-11-13-15-17-19-21-22-23-25-26-28-30-32-34-36-38-40-45(48)50-43-44(42-47)51-46(49)41-39-37-35-33-31-29-27-24-20-18-16-14-12-10-8-6-4-2/h12,14,18,20,44,47H,3-11,13,15-17,19,21-43H2,1-2H3/b14-12+,20-18+/t44-/m0/s1. The van der Waals surface area contributed by atoms with Gasteiger partial charge in [-0.3, -0.25) is 9.59 Å². The van der Waals surface area contributed by atoms with Crippen molar-refractivity contribution in [2.75, 3.05) is 13.2 Å². The highest BCUT2D eigenvalue weighted by Crippen LogP contribution is 2.16. The van der Waals surface area contributed by atoms with Crippen LogP contribution in [-0.2, 0) is 19.1 Å². The van der Waals surface area contributed by atoms with Gasteiger partial charge in [0.2, 0.25) is 0 Å². The highest BCUT2D eigenvalue weighted by molar-refractivity contribution is 5.70. The molecule has 1 atom stereocenters. The second-order valence-electron chi connectivity index (χ2n) is 15.1. The summed E-state index contributed by atoms with van der Waals surface area (Å²) in [6.07, 6.45) is 51.1. The highest BCUT2D eigenvalue weighted by Gasteiger charge is 2.16. The topological polar surface area (TPSA) is 72.8 Å². The normalized spacial score (nSPS) is 12.3. The SMILES string of the molecule is CCCCC/C=C/C/C=C/CCCCCCCCCC(=O)O[C@@H](CO)COC(=O)CCCCCCCCCCCCCCCCCCCCCC. The zero-order chi connectivity index (χ0) is 37.1. The van der Waals surface area contributed by atoms with Crippen LogP contribution in [0.25, 0.3) is 0 Å². The maximum Gasteiger partial charge on any atom is 0.306 e. The van der Waals surface area contributed by atoms with Crippen molar-refractivity contribution in [1.29, 1.82) is 0 Å². The lowest BCUT2D eigenvalue weighted by Crippen LogP contribution is -2.28. The Kier molecular flexibility index (Phi) is 41.4. The van der Waals surface area contributed by atoms with Crippen LogP contribution in [0.15, 0.2) is 24.3 Å². The average Bonchev–Trinajstić information content (AvgIpc) is 3.13. The summed E-state index contributed by atoms with van der Waals surface area (Å²) in [4.78, 5) is 24.3. The third kappa shape index (κ3) is 41.0. The van der Waals surface area contributed by atoms with E-state index < -0.39 is 6.10 Å². The number of ether oxygens (including phenoxy) is 2. The summed E-state index contributed by atoms with van der Waals surface area (Å²) in [5, 5.41) is 9.58. The Morgan fingerprint density at radius 2 is 0.784 bits per heavy atom. The van der Waals surface area contributed by atoms with Crippen LogP contribution >= 0.6 is 0 Å². The Hall–Kier alpha value is -1.62. The monoisotopic (exact) mass is 719 g/mol. The lowest BCUT2D eigenvalue weighted by Gasteiger charge is -2.15. The van der Waals surface area contributed by atoms with E-state index in [4.69, 9.17) is 9.47 Å². The number of rotatable bonds is 41. The Bertz CT molecular complexity index is 776. The smallest absolute Gasteiger partial charge is 0.306 e. The van der Waals surface area contributed by atoms with E-state index in [-0.39, 0.29) is 25.2 Å². The van der Waals surface area contributed by atoms with Gasteiger partial charge in [-0.15, -0.1) is 0 Å². The Morgan fingerprint density at radius 3 is 1.20 bits per heavy atom. The van der Waals surface area contributed by atoms with E-state index in [9.17, 15) is 14.7 Å². The van der Waals surface area contributed by atoms with Crippen molar-refractivity contribution in [3.05, 3.63) is 24.3 Å². The summed E-state index contributed by atoms with van der Waals surface area (Å²) in [6, 6.07) is 0. The minimum atomic E-state index is -0.771. The van der Waals surface area contributed by atoms with Crippen molar-refractivity contribution < 1.29 is 24.2 Å². The van der Waals surface area contributed by atoms with Crippen LogP contribution in [0.4, 0.5) is 0 Å². The predicted octanol–water partition coefficient (Wildman–Crippen LogP) is 14.2. The van der Waals surface area contributed by atoms with Crippen LogP contribution in [-0.4, -0.2) is 36.4 Å². The molecule has 0 bridgehead atoms. The molecule has 1 N–H and O–H groups in total. The molecule has 0 heterocycles. The summed E-state index contributed by atoms with van der Waals surface area (Å²) in [5.74, 6) is -0.588. The van der Waals surface area contributed by atoms with Gasteiger partial charge >= 0.3 is 11.9 Å². The third-order valence-corrected chi connectivity index (χ3v) is 10.00. The molecule has 0 aromatic carbocycles. The Balaban J connectivity index is 3.49. The van der Waals surface area contributed by atoms with Gasteiger partial charge in [0, 0.05) is 12.8 Å². The number of unbranched alkanes of at least 4 members (excludes halogenated alkanes) is 29. The van der Waals surface area contributed by atoms with Crippen molar-refractivity contribution in [3.8, 4) is 0 Å². The molecule has 5 nitrogen and oxygen atoms in total. The predicted molar refractivity (Wildman–Crippen MR) is 219 cm³/mol. The number of allylic oxidation sites excluding steroid dienone is 4. The van der Waals surface area contributed by atoms with E-state index in [2.05, 4.69) is 38.2 Å². The minimum absolute atomic E-state index is 0.0643. The van der Waals surface area contributed by atoms with Crippen LogP contribution in [0.3, 0.4) is 0 Å². The van der Waals surface area contributed by atoms with Crippen LogP contribution in [0, 0.1) is 0 Å². The summed E-state index contributed by atoms with van der Waals surface area (Å²) in [5.41, 5.74) is 0. The maximum atomic E-state index is 12.2. The fourth-order valence-electron chi connectivity index (χ4n) is 6.59. The Morgan fingerprint density at radius 1 is 0.451 bits per heavy atom.